The van der Waals surface area contributed by atoms with Gasteiger partial charge in [0.25, 0.3) is 0 Å². The van der Waals surface area contributed by atoms with E-state index in [1.807, 2.05) is 18.7 Å². The van der Waals surface area contributed by atoms with Crippen molar-refractivity contribution in [3.63, 3.8) is 0 Å². The van der Waals surface area contributed by atoms with E-state index in [0.717, 1.165) is 26.1 Å². The molecule has 0 bridgehead atoms. The maximum atomic E-state index is 11.7. The van der Waals surface area contributed by atoms with Crippen LogP contribution in [0, 0.1) is 5.92 Å². The number of carbonyl (C=O) groups is 1. The highest BCUT2D eigenvalue weighted by Gasteiger charge is 2.08. The van der Waals surface area contributed by atoms with Crippen molar-refractivity contribution in [2.24, 2.45) is 16.6 Å². The van der Waals surface area contributed by atoms with Gasteiger partial charge in [-0.1, -0.05) is 13.8 Å². The van der Waals surface area contributed by atoms with Crippen LogP contribution in [0.15, 0.2) is 4.99 Å². The van der Waals surface area contributed by atoms with E-state index in [0.29, 0.717) is 24.8 Å². The van der Waals surface area contributed by atoms with Crippen molar-refractivity contribution >= 4 is 11.9 Å². The first kappa shape index (κ1) is 16.7. The Balaban J connectivity index is 3.79. The SMILES string of the molecule is CCN(CC)C(=O)CCNC(N)=NCCC(C)C. The van der Waals surface area contributed by atoms with E-state index in [-0.39, 0.29) is 5.91 Å². The summed E-state index contributed by atoms with van der Waals surface area (Å²) in [4.78, 5) is 17.7. The third-order valence-electron chi connectivity index (χ3n) is 2.75. The first-order chi connectivity index (χ1) is 8.51. The molecule has 0 aliphatic heterocycles. The van der Waals surface area contributed by atoms with Gasteiger partial charge in [0.1, 0.15) is 0 Å². The Bertz CT molecular complexity index is 260. The molecule has 3 N–H and O–H groups in total. The van der Waals surface area contributed by atoms with Crippen molar-refractivity contribution in [2.75, 3.05) is 26.2 Å². The number of nitrogens with two attached hydrogens (primary N) is 1. The molecule has 0 atom stereocenters. The van der Waals surface area contributed by atoms with Gasteiger partial charge >= 0.3 is 0 Å². The summed E-state index contributed by atoms with van der Waals surface area (Å²) in [6.07, 6.45) is 1.49. The van der Waals surface area contributed by atoms with E-state index < -0.39 is 0 Å². The lowest BCUT2D eigenvalue weighted by atomic mass is 10.1. The van der Waals surface area contributed by atoms with Crippen LogP contribution in [0.5, 0.6) is 0 Å². The lowest BCUT2D eigenvalue weighted by molar-refractivity contribution is -0.130. The molecule has 0 aromatic rings. The number of nitrogens with one attached hydrogen (secondary N) is 1. The molecule has 0 aliphatic rings. The summed E-state index contributed by atoms with van der Waals surface area (Å²) in [7, 11) is 0. The van der Waals surface area contributed by atoms with Crippen molar-refractivity contribution in [3.8, 4) is 0 Å². The molecule has 0 radical (unpaired) electrons. The number of amides is 1. The summed E-state index contributed by atoms with van der Waals surface area (Å²) in [5.74, 6) is 1.22. The maximum absolute atomic E-state index is 11.7. The molecule has 0 saturated heterocycles. The van der Waals surface area contributed by atoms with Crippen LogP contribution < -0.4 is 11.1 Å². The Morgan fingerprint density at radius 1 is 1.33 bits per heavy atom. The van der Waals surface area contributed by atoms with Gasteiger partial charge in [-0.3, -0.25) is 9.79 Å². The molecule has 0 unspecified atom stereocenters. The van der Waals surface area contributed by atoms with Crippen LogP contribution in [0.4, 0.5) is 0 Å². The average molecular weight is 256 g/mol. The Morgan fingerprint density at radius 3 is 2.44 bits per heavy atom. The molecule has 0 saturated carbocycles. The molecule has 0 rings (SSSR count). The van der Waals surface area contributed by atoms with Crippen molar-refractivity contribution in [2.45, 2.75) is 40.5 Å². The van der Waals surface area contributed by atoms with Crippen molar-refractivity contribution in [1.82, 2.24) is 10.2 Å². The van der Waals surface area contributed by atoms with Gasteiger partial charge < -0.3 is 16.0 Å². The van der Waals surface area contributed by atoms with E-state index >= 15 is 0 Å². The summed E-state index contributed by atoms with van der Waals surface area (Å²) in [6.45, 7) is 11.1. The van der Waals surface area contributed by atoms with Gasteiger partial charge in [0.15, 0.2) is 5.96 Å². The van der Waals surface area contributed by atoms with Crippen LogP contribution in [0.2, 0.25) is 0 Å². The van der Waals surface area contributed by atoms with Crippen LogP contribution in [-0.4, -0.2) is 42.9 Å². The fourth-order valence-corrected chi connectivity index (χ4v) is 1.53. The fourth-order valence-electron chi connectivity index (χ4n) is 1.53. The molecular weight excluding hydrogens is 228 g/mol. The van der Waals surface area contributed by atoms with E-state index in [1.54, 1.807) is 0 Å². The number of aliphatic imine (C=N–C) groups is 1. The Morgan fingerprint density at radius 2 is 1.94 bits per heavy atom. The number of carbonyl (C=O) groups excluding carboxylic acids is 1. The normalized spacial score (nSPS) is 11.7. The molecular formula is C13H28N4O. The minimum Gasteiger partial charge on any atom is -0.370 e. The number of guanidine groups is 1. The highest BCUT2D eigenvalue weighted by atomic mass is 16.2. The Labute approximate surface area is 111 Å². The lowest BCUT2D eigenvalue weighted by Gasteiger charge is -2.18. The van der Waals surface area contributed by atoms with Crippen molar-refractivity contribution < 1.29 is 4.79 Å². The summed E-state index contributed by atoms with van der Waals surface area (Å²) < 4.78 is 0. The standard InChI is InChI=1S/C13H28N4O/c1-5-17(6-2)12(18)8-10-16-13(14)15-9-7-11(3)4/h11H,5-10H2,1-4H3,(H3,14,15,16). The zero-order valence-electron chi connectivity index (χ0n) is 12.2. The molecule has 0 aromatic heterocycles. The quantitative estimate of drug-likeness (QED) is 0.506. The van der Waals surface area contributed by atoms with Crippen LogP contribution in [0.1, 0.15) is 40.5 Å². The number of hydrogen-bond donors (Lipinski definition) is 2. The second kappa shape index (κ2) is 9.74. The van der Waals surface area contributed by atoms with Crippen LogP contribution in [0.25, 0.3) is 0 Å². The van der Waals surface area contributed by atoms with Crippen molar-refractivity contribution in [1.29, 1.82) is 0 Å². The molecule has 0 heterocycles. The lowest BCUT2D eigenvalue weighted by Crippen LogP contribution is -2.37. The minimum atomic E-state index is 0.155. The van der Waals surface area contributed by atoms with Gasteiger partial charge in [-0.2, -0.15) is 0 Å². The molecule has 0 aliphatic carbocycles. The number of nitrogens with zero attached hydrogens (tertiary/aromatic N) is 2. The molecule has 0 fully saturated rings. The van der Waals surface area contributed by atoms with Crippen LogP contribution >= 0.6 is 0 Å². The van der Waals surface area contributed by atoms with Gasteiger partial charge in [-0.25, -0.2) is 0 Å². The van der Waals surface area contributed by atoms with Gasteiger partial charge in [-0.05, 0) is 26.2 Å². The smallest absolute Gasteiger partial charge is 0.224 e. The third-order valence-corrected chi connectivity index (χ3v) is 2.75. The predicted molar refractivity (Wildman–Crippen MR) is 76.5 cm³/mol. The summed E-state index contributed by atoms with van der Waals surface area (Å²) in [6, 6.07) is 0. The summed E-state index contributed by atoms with van der Waals surface area (Å²) in [5.41, 5.74) is 5.70. The minimum absolute atomic E-state index is 0.155. The van der Waals surface area contributed by atoms with Crippen molar-refractivity contribution in [3.05, 3.63) is 0 Å². The zero-order valence-corrected chi connectivity index (χ0v) is 12.2. The second-order valence-electron chi connectivity index (χ2n) is 4.69. The average Bonchev–Trinajstić information content (AvgIpc) is 2.30. The van der Waals surface area contributed by atoms with E-state index in [9.17, 15) is 4.79 Å². The Hall–Kier alpha value is -1.26. The van der Waals surface area contributed by atoms with Crippen LogP contribution in [0.3, 0.4) is 0 Å². The Kier molecular flexibility index (Phi) is 9.06. The van der Waals surface area contributed by atoms with Gasteiger partial charge in [0.05, 0.1) is 0 Å². The summed E-state index contributed by atoms with van der Waals surface area (Å²) >= 11 is 0. The molecule has 18 heavy (non-hydrogen) atoms. The fraction of sp³-hybridized carbons (Fsp3) is 0.846. The van der Waals surface area contributed by atoms with Gasteiger partial charge in [0, 0.05) is 32.6 Å². The van der Waals surface area contributed by atoms with Crippen LogP contribution in [-0.2, 0) is 4.79 Å². The van der Waals surface area contributed by atoms with E-state index in [2.05, 4.69) is 24.2 Å². The van der Waals surface area contributed by atoms with E-state index in [1.165, 1.54) is 0 Å². The highest BCUT2D eigenvalue weighted by Crippen LogP contribution is 1.98. The zero-order chi connectivity index (χ0) is 14.0. The monoisotopic (exact) mass is 256 g/mol. The molecule has 0 aromatic carbocycles. The molecule has 0 spiro atoms. The summed E-state index contributed by atoms with van der Waals surface area (Å²) in [5, 5.41) is 2.97. The molecule has 106 valence electrons. The number of rotatable bonds is 8. The molecule has 5 nitrogen and oxygen atoms in total. The van der Waals surface area contributed by atoms with Gasteiger partial charge in [0.2, 0.25) is 5.91 Å². The number of hydrogen-bond acceptors (Lipinski definition) is 2. The highest BCUT2D eigenvalue weighted by molar-refractivity contribution is 5.80. The largest absolute Gasteiger partial charge is 0.370 e. The molecule has 1 amide bonds. The first-order valence-electron chi connectivity index (χ1n) is 6.82. The maximum Gasteiger partial charge on any atom is 0.224 e. The second-order valence-corrected chi connectivity index (χ2v) is 4.69. The third kappa shape index (κ3) is 7.92. The van der Waals surface area contributed by atoms with E-state index in [4.69, 9.17) is 5.73 Å². The molecule has 5 heteroatoms. The predicted octanol–water partition coefficient (Wildman–Crippen LogP) is 1.20. The van der Waals surface area contributed by atoms with Gasteiger partial charge in [-0.15, -0.1) is 0 Å². The topological polar surface area (TPSA) is 70.7 Å². The first-order valence-corrected chi connectivity index (χ1v) is 6.82.